The van der Waals surface area contributed by atoms with Crippen LogP contribution in [0.25, 0.3) is 10.9 Å². The summed E-state index contributed by atoms with van der Waals surface area (Å²) in [5, 5.41) is 16.5. The van der Waals surface area contributed by atoms with Gasteiger partial charge in [-0.1, -0.05) is 18.2 Å². The number of fused-ring (bicyclic) bond motifs is 1. The number of hydrogen-bond donors (Lipinski definition) is 5. The Morgan fingerprint density at radius 3 is 2.19 bits per heavy atom. The van der Waals surface area contributed by atoms with Gasteiger partial charge in [-0.05, 0) is 48.9 Å². The van der Waals surface area contributed by atoms with Gasteiger partial charge in [0.05, 0.1) is 4.90 Å². The summed E-state index contributed by atoms with van der Waals surface area (Å²) in [4.78, 5) is 22.5. The molecule has 0 radical (unpaired) electrons. The first kappa shape index (κ1) is 25.4. The highest BCUT2D eigenvalue weighted by Crippen LogP contribution is 2.24. The Bertz CT molecular complexity index is 1140. The van der Waals surface area contributed by atoms with E-state index in [0.29, 0.717) is 30.8 Å². The molecule has 1 aromatic heterocycles. The van der Waals surface area contributed by atoms with E-state index in [1.807, 2.05) is 12.3 Å². The molecular weight excluding hydrogens is 426 g/mol. The van der Waals surface area contributed by atoms with Gasteiger partial charge in [-0.2, -0.15) is 0 Å². The molecule has 0 unspecified atom stereocenters. The lowest BCUT2D eigenvalue weighted by Crippen LogP contribution is -2.12. The van der Waals surface area contributed by atoms with Crippen molar-refractivity contribution in [2.75, 3.05) is 11.3 Å². The van der Waals surface area contributed by atoms with Crippen molar-refractivity contribution in [3.05, 3.63) is 72.4 Å². The summed E-state index contributed by atoms with van der Waals surface area (Å²) in [6, 6.07) is 13.9. The van der Waals surface area contributed by atoms with Gasteiger partial charge in [0.2, 0.25) is 0 Å². The van der Waals surface area contributed by atoms with Gasteiger partial charge >= 0.3 is 11.9 Å². The van der Waals surface area contributed by atoms with E-state index in [0.717, 1.165) is 16.5 Å². The monoisotopic (exact) mass is 449 g/mol. The molecule has 0 aliphatic carbocycles. The van der Waals surface area contributed by atoms with Gasteiger partial charge < -0.3 is 26.4 Å². The quantitative estimate of drug-likeness (QED) is 0.336. The number of aromatic amines is 1. The van der Waals surface area contributed by atoms with E-state index in [1.54, 1.807) is 42.5 Å². The van der Waals surface area contributed by atoms with Gasteiger partial charge in [0.1, 0.15) is 0 Å². The predicted molar refractivity (Wildman–Crippen MR) is 116 cm³/mol. The fourth-order valence-corrected chi connectivity index (χ4v) is 3.63. The number of nitrogens with one attached hydrogen (secondary N) is 2. The molecular formula is C20H23N3O7S. The third kappa shape index (κ3) is 7.59. The van der Waals surface area contributed by atoms with Gasteiger partial charge in [0.15, 0.2) is 0 Å². The van der Waals surface area contributed by atoms with Crippen molar-refractivity contribution in [3.63, 3.8) is 0 Å². The van der Waals surface area contributed by atoms with Gasteiger partial charge in [-0.15, -0.1) is 0 Å². The Labute approximate surface area is 178 Å². The van der Waals surface area contributed by atoms with E-state index >= 15 is 0 Å². The Morgan fingerprint density at radius 1 is 1.03 bits per heavy atom. The van der Waals surface area contributed by atoms with E-state index in [4.69, 9.17) is 15.9 Å². The van der Waals surface area contributed by atoms with Crippen LogP contribution in [-0.2, 0) is 26.0 Å². The van der Waals surface area contributed by atoms with Crippen molar-refractivity contribution in [2.24, 2.45) is 5.73 Å². The highest BCUT2D eigenvalue weighted by Gasteiger charge is 2.16. The van der Waals surface area contributed by atoms with Crippen molar-refractivity contribution in [1.82, 2.24) is 4.98 Å². The van der Waals surface area contributed by atoms with Crippen LogP contribution in [0.15, 0.2) is 71.8 Å². The number of H-pyrrole nitrogens is 1. The summed E-state index contributed by atoms with van der Waals surface area (Å²) in [5.74, 6) is -2.51. The van der Waals surface area contributed by atoms with Crippen molar-refractivity contribution in [3.8, 4) is 0 Å². The minimum absolute atomic E-state index is 0. The van der Waals surface area contributed by atoms with E-state index in [-0.39, 0.29) is 10.4 Å². The average Bonchev–Trinajstić information content (AvgIpc) is 3.10. The molecule has 10 nitrogen and oxygen atoms in total. The normalized spacial score (nSPS) is 10.7. The zero-order valence-corrected chi connectivity index (χ0v) is 17.1. The molecule has 0 aliphatic rings. The molecule has 0 aliphatic heterocycles. The van der Waals surface area contributed by atoms with Crippen LogP contribution in [0.5, 0.6) is 0 Å². The first-order valence-corrected chi connectivity index (χ1v) is 10.2. The standard InChI is InChI=1S/C16H17N3O2S.C4H4O4.H2O/c17-9-8-12-11-18-16-7-6-14(10-15(12)16)22(20,21)19-13-4-2-1-3-5-13;5-3(6)1-2-4(7)8;/h1-7,10-11,18-19H,8-9,17H2;1-2H,(H,5,6)(H,7,8);1H2/b;2-1-;. The third-order valence-corrected chi connectivity index (χ3v) is 5.24. The second-order valence-corrected chi connectivity index (χ2v) is 7.72. The SMILES string of the molecule is NCCc1c[nH]c2ccc(S(=O)(=O)Nc3ccccc3)cc12.O.O=C(O)/C=C\C(=O)O. The molecule has 3 rings (SSSR count). The summed E-state index contributed by atoms with van der Waals surface area (Å²) >= 11 is 0. The number of sulfonamides is 1. The first-order valence-electron chi connectivity index (χ1n) is 8.75. The maximum atomic E-state index is 12.5. The molecule has 8 N–H and O–H groups in total. The van der Waals surface area contributed by atoms with Crippen LogP contribution >= 0.6 is 0 Å². The zero-order chi connectivity index (χ0) is 22.1. The zero-order valence-electron chi connectivity index (χ0n) is 16.3. The van der Waals surface area contributed by atoms with Gasteiger partial charge in [0.25, 0.3) is 10.0 Å². The van der Waals surface area contributed by atoms with Crippen molar-refractivity contribution >= 4 is 38.6 Å². The fourth-order valence-electron chi connectivity index (χ4n) is 2.55. The number of benzene rings is 2. The minimum Gasteiger partial charge on any atom is -0.478 e. The Hall–Kier alpha value is -3.67. The van der Waals surface area contributed by atoms with Gasteiger partial charge in [0, 0.05) is 34.9 Å². The van der Waals surface area contributed by atoms with Crippen LogP contribution in [0, 0.1) is 0 Å². The Morgan fingerprint density at radius 2 is 1.65 bits per heavy atom. The number of carbonyl (C=O) groups is 2. The number of hydrogen-bond acceptors (Lipinski definition) is 5. The fraction of sp³-hybridized carbons (Fsp3) is 0.100. The molecule has 0 saturated carbocycles. The summed E-state index contributed by atoms with van der Waals surface area (Å²) in [6.07, 6.45) is 3.69. The minimum atomic E-state index is -3.61. The number of nitrogens with two attached hydrogens (primary N) is 1. The number of carboxylic acid groups (broad SMARTS) is 2. The number of aliphatic carboxylic acids is 2. The molecule has 0 atom stereocenters. The smallest absolute Gasteiger partial charge is 0.328 e. The molecule has 11 heteroatoms. The molecule has 166 valence electrons. The molecule has 1 heterocycles. The molecule has 0 spiro atoms. The molecule has 3 aromatic rings. The summed E-state index contributed by atoms with van der Waals surface area (Å²) in [5.41, 5.74) is 8.06. The average molecular weight is 449 g/mol. The van der Waals surface area contributed by atoms with E-state index in [1.165, 1.54) is 0 Å². The predicted octanol–water partition coefficient (Wildman–Crippen LogP) is 1.36. The highest BCUT2D eigenvalue weighted by molar-refractivity contribution is 7.92. The molecule has 0 fully saturated rings. The van der Waals surface area contributed by atoms with Gasteiger partial charge in [-0.3, -0.25) is 4.72 Å². The molecule has 0 amide bonds. The summed E-state index contributed by atoms with van der Waals surface area (Å²) < 4.78 is 27.6. The number of carboxylic acids is 2. The van der Waals surface area contributed by atoms with Crippen LogP contribution in [-0.4, -0.2) is 47.6 Å². The van der Waals surface area contributed by atoms with E-state index < -0.39 is 22.0 Å². The third-order valence-electron chi connectivity index (χ3n) is 3.86. The van der Waals surface area contributed by atoms with Gasteiger partial charge in [-0.25, -0.2) is 18.0 Å². The second kappa shape index (κ2) is 11.5. The number of rotatable bonds is 7. The van der Waals surface area contributed by atoms with Crippen LogP contribution in [0.2, 0.25) is 0 Å². The number of aromatic nitrogens is 1. The van der Waals surface area contributed by atoms with Crippen LogP contribution < -0.4 is 10.5 Å². The van der Waals surface area contributed by atoms with E-state index in [9.17, 15) is 18.0 Å². The van der Waals surface area contributed by atoms with Crippen molar-refractivity contribution in [2.45, 2.75) is 11.3 Å². The first-order chi connectivity index (χ1) is 14.2. The number of para-hydroxylation sites is 1. The lowest BCUT2D eigenvalue weighted by Gasteiger charge is -2.08. The lowest BCUT2D eigenvalue weighted by atomic mass is 10.1. The van der Waals surface area contributed by atoms with Crippen LogP contribution in [0.4, 0.5) is 5.69 Å². The van der Waals surface area contributed by atoms with Crippen LogP contribution in [0.1, 0.15) is 5.56 Å². The number of anilines is 1. The Balaban J connectivity index is 0.000000461. The van der Waals surface area contributed by atoms with Crippen molar-refractivity contribution in [1.29, 1.82) is 0 Å². The largest absolute Gasteiger partial charge is 0.478 e. The maximum absolute atomic E-state index is 12.5. The summed E-state index contributed by atoms with van der Waals surface area (Å²) in [6.45, 7) is 0.520. The summed E-state index contributed by atoms with van der Waals surface area (Å²) in [7, 11) is -3.61. The van der Waals surface area contributed by atoms with Crippen molar-refractivity contribution < 1.29 is 33.7 Å². The Kier molecular flexibility index (Phi) is 9.41. The molecule has 0 saturated heterocycles. The van der Waals surface area contributed by atoms with E-state index in [2.05, 4.69) is 9.71 Å². The lowest BCUT2D eigenvalue weighted by molar-refractivity contribution is -0.134. The molecule has 0 bridgehead atoms. The van der Waals surface area contributed by atoms with Crippen LogP contribution in [0.3, 0.4) is 0 Å². The maximum Gasteiger partial charge on any atom is 0.328 e. The molecule has 2 aromatic carbocycles. The second-order valence-electron chi connectivity index (χ2n) is 6.04. The molecule has 31 heavy (non-hydrogen) atoms. The topological polar surface area (TPSA) is 194 Å². The highest BCUT2D eigenvalue weighted by atomic mass is 32.2.